The van der Waals surface area contributed by atoms with Gasteiger partial charge in [0.15, 0.2) is 0 Å². The molecule has 0 aliphatic heterocycles. The van der Waals surface area contributed by atoms with Crippen LogP contribution in [0, 0.1) is 13.8 Å². The summed E-state index contributed by atoms with van der Waals surface area (Å²) in [4.78, 5) is 28.3. The Morgan fingerprint density at radius 2 is 2.05 bits per heavy atom. The lowest BCUT2D eigenvalue weighted by atomic mass is 10.2. The summed E-state index contributed by atoms with van der Waals surface area (Å²) in [6.07, 6.45) is 2.30. The number of thiazole rings is 1. The molecule has 1 aromatic heterocycles. The number of hydrogen-bond donors (Lipinski definition) is 3. The summed E-state index contributed by atoms with van der Waals surface area (Å²) in [6.45, 7) is 5.67. The number of carbonyl (C=O) groups excluding carboxylic acids is 1. The van der Waals surface area contributed by atoms with E-state index in [0.29, 0.717) is 12.2 Å². The average Bonchev–Trinajstić information content (AvgIpc) is 2.73. The standard InChI is InChI=1S/C13H21N3O3S2/c1-7-11(21-9(3)14-7)8(2)15-13(19)16-10(12(17)18)5-6-20-4/h8,10H,5-6H2,1-4H3,(H,17,18)(H2,15,16,19)/t8?,10-/m0/s1. The molecule has 2 amide bonds. The highest BCUT2D eigenvalue weighted by atomic mass is 32.2. The van der Waals surface area contributed by atoms with E-state index in [0.717, 1.165) is 15.6 Å². The average molecular weight is 331 g/mol. The Morgan fingerprint density at radius 1 is 1.38 bits per heavy atom. The van der Waals surface area contributed by atoms with E-state index in [9.17, 15) is 9.59 Å². The van der Waals surface area contributed by atoms with E-state index < -0.39 is 18.0 Å². The van der Waals surface area contributed by atoms with Crippen LogP contribution in [0.2, 0.25) is 0 Å². The lowest BCUT2D eigenvalue weighted by molar-refractivity contribution is -0.139. The molecule has 118 valence electrons. The van der Waals surface area contributed by atoms with Gasteiger partial charge in [0.2, 0.25) is 0 Å². The van der Waals surface area contributed by atoms with Crippen LogP contribution in [-0.4, -0.2) is 40.1 Å². The van der Waals surface area contributed by atoms with Gasteiger partial charge in [-0.25, -0.2) is 14.6 Å². The van der Waals surface area contributed by atoms with Crippen LogP contribution in [0.25, 0.3) is 0 Å². The van der Waals surface area contributed by atoms with E-state index in [2.05, 4.69) is 15.6 Å². The van der Waals surface area contributed by atoms with E-state index in [1.165, 1.54) is 11.3 Å². The number of aryl methyl sites for hydroxylation is 2. The Balaban J connectivity index is 2.59. The Hall–Kier alpha value is -1.28. The molecule has 0 aromatic carbocycles. The first kappa shape index (κ1) is 17.8. The minimum atomic E-state index is -1.02. The van der Waals surface area contributed by atoms with E-state index in [-0.39, 0.29) is 6.04 Å². The zero-order valence-corrected chi connectivity index (χ0v) is 14.2. The molecule has 21 heavy (non-hydrogen) atoms. The third kappa shape index (κ3) is 5.55. The van der Waals surface area contributed by atoms with Crippen molar-refractivity contribution in [3.8, 4) is 0 Å². The number of rotatable bonds is 7. The van der Waals surface area contributed by atoms with Crippen molar-refractivity contribution < 1.29 is 14.7 Å². The van der Waals surface area contributed by atoms with Gasteiger partial charge in [-0.2, -0.15) is 11.8 Å². The maximum absolute atomic E-state index is 11.9. The number of carbonyl (C=O) groups is 2. The number of nitrogens with one attached hydrogen (secondary N) is 2. The molecule has 0 radical (unpaired) electrons. The smallest absolute Gasteiger partial charge is 0.326 e. The molecule has 0 saturated heterocycles. The Bertz CT molecular complexity index is 505. The number of aromatic nitrogens is 1. The number of amides is 2. The van der Waals surface area contributed by atoms with Crippen LogP contribution in [0.3, 0.4) is 0 Å². The number of hydrogen-bond acceptors (Lipinski definition) is 5. The predicted octanol–water partition coefficient (Wildman–Crippen LogP) is 2.33. The zero-order chi connectivity index (χ0) is 16.0. The van der Waals surface area contributed by atoms with Crippen molar-refractivity contribution in [2.24, 2.45) is 0 Å². The SMILES string of the molecule is CSCC[C@H](NC(=O)NC(C)c1sc(C)nc1C)C(=O)O. The summed E-state index contributed by atoms with van der Waals surface area (Å²) >= 11 is 3.08. The summed E-state index contributed by atoms with van der Waals surface area (Å²) in [7, 11) is 0. The number of carboxylic acids is 1. The number of thioether (sulfide) groups is 1. The van der Waals surface area contributed by atoms with Gasteiger partial charge in [-0.3, -0.25) is 0 Å². The first-order chi connectivity index (χ1) is 9.85. The molecular formula is C13H21N3O3S2. The second-order valence-corrected chi connectivity index (χ2v) is 6.91. The normalized spacial score (nSPS) is 13.5. The number of urea groups is 1. The lowest BCUT2D eigenvalue weighted by Crippen LogP contribution is -2.46. The molecule has 1 unspecified atom stereocenters. The van der Waals surface area contributed by atoms with E-state index in [1.807, 2.05) is 27.0 Å². The summed E-state index contributed by atoms with van der Waals surface area (Å²) < 4.78 is 0. The maximum atomic E-state index is 11.9. The van der Waals surface area contributed by atoms with Gasteiger partial charge >= 0.3 is 12.0 Å². The molecule has 1 aromatic rings. The molecule has 8 heteroatoms. The number of carboxylic acid groups (broad SMARTS) is 1. The van der Waals surface area contributed by atoms with Crippen LogP contribution in [0.4, 0.5) is 4.79 Å². The molecule has 0 aliphatic rings. The van der Waals surface area contributed by atoms with Gasteiger partial charge < -0.3 is 15.7 Å². The molecule has 1 heterocycles. The molecule has 0 aliphatic carbocycles. The van der Waals surface area contributed by atoms with Crippen molar-refractivity contribution in [3.05, 3.63) is 15.6 Å². The van der Waals surface area contributed by atoms with E-state index in [1.54, 1.807) is 11.8 Å². The molecule has 1 rings (SSSR count). The molecule has 0 fully saturated rings. The minimum absolute atomic E-state index is 0.203. The first-order valence-corrected chi connectivity index (χ1v) is 8.78. The Labute approximate surface area is 132 Å². The largest absolute Gasteiger partial charge is 0.480 e. The zero-order valence-electron chi connectivity index (χ0n) is 12.6. The Kier molecular flexibility index (Phi) is 6.97. The molecular weight excluding hydrogens is 310 g/mol. The lowest BCUT2D eigenvalue weighted by Gasteiger charge is -2.17. The summed E-state index contributed by atoms with van der Waals surface area (Å²) in [6, 6.07) is -1.54. The molecule has 3 N–H and O–H groups in total. The first-order valence-electron chi connectivity index (χ1n) is 6.57. The number of aliphatic carboxylic acids is 1. The molecule has 6 nitrogen and oxygen atoms in total. The fourth-order valence-electron chi connectivity index (χ4n) is 1.90. The quantitative estimate of drug-likeness (QED) is 0.713. The highest BCUT2D eigenvalue weighted by Crippen LogP contribution is 2.24. The fraction of sp³-hybridized carbons (Fsp3) is 0.615. The van der Waals surface area contributed by atoms with Crippen molar-refractivity contribution >= 4 is 35.1 Å². The van der Waals surface area contributed by atoms with Gasteiger partial charge in [-0.05, 0) is 39.2 Å². The topological polar surface area (TPSA) is 91.3 Å². The van der Waals surface area contributed by atoms with Crippen molar-refractivity contribution in [2.45, 2.75) is 39.3 Å². The maximum Gasteiger partial charge on any atom is 0.326 e. The van der Waals surface area contributed by atoms with Crippen molar-refractivity contribution in [1.29, 1.82) is 0 Å². The minimum Gasteiger partial charge on any atom is -0.480 e. The third-order valence-electron chi connectivity index (χ3n) is 2.89. The highest BCUT2D eigenvalue weighted by Gasteiger charge is 2.21. The third-order valence-corrected chi connectivity index (χ3v) is 4.79. The molecule has 2 atom stereocenters. The molecule has 0 bridgehead atoms. The van der Waals surface area contributed by atoms with Gasteiger partial charge in [0, 0.05) is 4.88 Å². The van der Waals surface area contributed by atoms with Crippen LogP contribution >= 0.6 is 23.1 Å². The summed E-state index contributed by atoms with van der Waals surface area (Å²) in [5, 5.41) is 15.3. The van der Waals surface area contributed by atoms with Gasteiger partial charge in [-0.15, -0.1) is 11.3 Å². The Morgan fingerprint density at radius 3 is 2.52 bits per heavy atom. The van der Waals surface area contributed by atoms with Crippen LogP contribution in [-0.2, 0) is 4.79 Å². The van der Waals surface area contributed by atoms with Crippen LogP contribution in [0.15, 0.2) is 0 Å². The molecule has 0 saturated carbocycles. The van der Waals surface area contributed by atoms with E-state index in [4.69, 9.17) is 5.11 Å². The predicted molar refractivity (Wildman–Crippen MR) is 86.1 cm³/mol. The van der Waals surface area contributed by atoms with Gasteiger partial charge in [-0.1, -0.05) is 0 Å². The number of nitrogens with zero attached hydrogens (tertiary/aromatic N) is 1. The van der Waals surface area contributed by atoms with Crippen molar-refractivity contribution in [3.63, 3.8) is 0 Å². The van der Waals surface area contributed by atoms with Crippen LogP contribution in [0.1, 0.15) is 35.0 Å². The fourth-order valence-corrected chi connectivity index (χ4v) is 3.31. The second kappa shape index (κ2) is 8.23. The van der Waals surface area contributed by atoms with Gasteiger partial charge in [0.25, 0.3) is 0 Å². The van der Waals surface area contributed by atoms with Crippen molar-refractivity contribution in [2.75, 3.05) is 12.0 Å². The van der Waals surface area contributed by atoms with E-state index >= 15 is 0 Å². The van der Waals surface area contributed by atoms with Crippen LogP contribution < -0.4 is 10.6 Å². The monoisotopic (exact) mass is 331 g/mol. The summed E-state index contributed by atoms with van der Waals surface area (Å²) in [5.74, 6) is -0.336. The van der Waals surface area contributed by atoms with Crippen molar-refractivity contribution in [1.82, 2.24) is 15.6 Å². The molecule has 0 spiro atoms. The van der Waals surface area contributed by atoms with Gasteiger partial charge in [0.05, 0.1) is 16.7 Å². The summed E-state index contributed by atoms with van der Waals surface area (Å²) in [5.41, 5.74) is 0.891. The highest BCUT2D eigenvalue weighted by molar-refractivity contribution is 7.98. The second-order valence-electron chi connectivity index (χ2n) is 4.69. The van der Waals surface area contributed by atoms with Gasteiger partial charge in [0.1, 0.15) is 6.04 Å². The van der Waals surface area contributed by atoms with Crippen LogP contribution in [0.5, 0.6) is 0 Å².